The number of hydrogen-bond acceptors (Lipinski definition) is 4. The third-order valence-electron chi connectivity index (χ3n) is 2.64. The Bertz CT molecular complexity index is 424. The second-order valence-electron chi connectivity index (χ2n) is 4.92. The van der Waals surface area contributed by atoms with Crippen molar-refractivity contribution in [1.29, 1.82) is 0 Å². The van der Waals surface area contributed by atoms with Gasteiger partial charge in [-0.15, -0.1) is 0 Å². The van der Waals surface area contributed by atoms with Crippen LogP contribution in [0.15, 0.2) is 10.9 Å². The molecule has 1 atom stereocenters. The van der Waals surface area contributed by atoms with Crippen LogP contribution in [-0.4, -0.2) is 22.1 Å². The van der Waals surface area contributed by atoms with E-state index in [4.69, 9.17) is 10.5 Å². The highest BCUT2D eigenvalue weighted by Crippen LogP contribution is 2.12. The maximum absolute atomic E-state index is 11.4. The number of nitrogens with one attached hydrogen (secondary N) is 1. The average Bonchev–Trinajstić information content (AvgIpc) is 2.26. The molecule has 1 heterocycles. The highest BCUT2D eigenvalue weighted by Gasteiger charge is 2.17. The quantitative estimate of drug-likeness (QED) is 0.813. The van der Waals surface area contributed by atoms with Crippen LogP contribution in [0.1, 0.15) is 45.9 Å². The molecular formula is C12H21N3O2. The molecule has 5 nitrogen and oxygen atoms in total. The van der Waals surface area contributed by atoms with Gasteiger partial charge in [0.15, 0.2) is 0 Å². The molecular weight excluding hydrogens is 218 g/mol. The Morgan fingerprint density at radius 1 is 1.59 bits per heavy atom. The second-order valence-corrected chi connectivity index (χ2v) is 4.92. The number of ether oxygens (including phenoxy) is 1. The summed E-state index contributed by atoms with van der Waals surface area (Å²) in [5, 5.41) is 0. The van der Waals surface area contributed by atoms with E-state index < -0.39 is 5.54 Å². The van der Waals surface area contributed by atoms with Crippen LogP contribution in [0.4, 0.5) is 0 Å². The van der Waals surface area contributed by atoms with Crippen molar-refractivity contribution >= 4 is 0 Å². The Labute approximate surface area is 101 Å². The van der Waals surface area contributed by atoms with E-state index in [1.807, 2.05) is 27.7 Å². The molecule has 5 heteroatoms. The Kier molecular flexibility index (Phi) is 4.28. The minimum absolute atomic E-state index is 0.154. The highest BCUT2D eigenvalue weighted by atomic mass is 16.5. The lowest BCUT2D eigenvalue weighted by atomic mass is 10.0. The average molecular weight is 239 g/mol. The topological polar surface area (TPSA) is 81.0 Å². The molecule has 0 radical (unpaired) electrons. The summed E-state index contributed by atoms with van der Waals surface area (Å²) >= 11 is 0. The van der Waals surface area contributed by atoms with Crippen molar-refractivity contribution in [3.8, 4) is 5.88 Å². The number of aromatic nitrogens is 2. The first kappa shape index (κ1) is 13.7. The van der Waals surface area contributed by atoms with Crippen LogP contribution in [0.3, 0.4) is 0 Å². The van der Waals surface area contributed by atoms with Crippen molar-refractivity contribution in [2.24, 2.45) is 5.73 Å². The van der Waals surface area contributed by atoms with Gasteiger partial charge in [-0.3, -0.25) is 4.79 Å². The summed E-state index contributed by atoms with van der Waals surface area (Å²) in [5.74, 6) is 1.12. The molecule has 0 aliphatic carbocycles. The van der Waals surface area contributed by atoms with Gasteiger partial charge in [-0.25, -0.2) is 0 Å². The Hall–Kier alpha value is -1.36. The molecule has 96 valence electrons. The molecule has 0 saturated heterocycles. The lowest BCUT2D eigenvalue weighted by Gasteiger charge is -2.22. The number of H-pyrrole nitrogens is 1. The van der Waals surface area contributed by atoms with Gasteiger partial charge >= 0.3 is 0 Å². The van der Waals surface area contributed by atoms with E-state index in [2.05, 4.69) is 9.97 Å². The largest absolute Gasteiger partial charge is 0.476 e. The van der Waals surface area contributed by atoms with Crippen molar-refractivity contribution in [3.05, 3.63) is 22.2 Å². The summed E-state index contributed by atoms with van der Waals surface area (Å²) in [6.45, 7) is 8.16. The van der Waals surface area contributed by atoms with E-state index >= 15 is 0 Å². The van der Waals surface area contributed by atoms with Crippen molar-refractivity contribution in [2.45, 2.75) is 45.6 Å². The molecule has 0 fully saturated rings. The summed E-state index contributed by atoms with van der Waals surface area (Å²) in [4.78, 5) is 18.3. The van der Waals surface area contributed by atoms with Gasteiger partial charge in [0.1, 0.15) is 12.4 Å². The summed E-state index contributed by atoms with van der Waals surface area (Å²) < 4.78 is 5.48. The molecule has 1 unspecified atom stereocenters. The van der Waals surface area contributed by atoms with Gasteiger partial charge < -0.3 is 15.5 Å². The molecule has 1 aromatic heterocycles. The number of nitrogens with zero attached hydrogens (tertiary/aromatic N) is 1. The minimum Gasteiger partial charge on any atom is -0.476 e. The minimum atomic E-state index is -0.401. The molecule has 0 spiro atoms. The van der Waals surface area contributed by atoms with Gasteiger partial charge in [0.05, 0.1) is 6.07 Å². The fourth-order valence-electron chi connectivity index (χ4n) is 1.14. The van der Waals surface area contributed by atoms with Gasteiger partial charge in [0, 0.05) is 11.5 Å². The van der Waals surface area contributed by atoms with Crippen molar-refractivity contribution in [3.63, 3.8) is 0 Å². The van der Waals surface area contributed by atoms with Crippen LogP contribution in [-0.2, 0) is 0 Å². The summed E-state index contributed by atoms with van der Waals surface area (Å²) in [6.07, 6.45) is 0.799. The molecule has 0 aliphatic heterocycles. The van der Waals surface area contributed by atoms with E-state index in [0.717, 1.165) is 6.42 Å². The third-order valence-corrected chi connectivity index (χ3v) is 2.64. The lowest BCUT2D eigenvalue weighted by Crippen LogP contribution is -2.41. The van der Waals surface area contributed by atoms with E-state index in [9.17, 15) is 4.79 Å². The van der Waals surface area contributed by atoms with Gasteiger partial charge in [0.25, 0.3) is 5.56 Å². The number of nitrogens with two attached hydrogens (primary N) is 1. The standard InChI is InChI=1S/C12H21N3O2/c1-5-12(4,13)7-17-10-6-9(16)14-11(15-10)8(2)3/h6,8H,5,7,13H2,1-4H3,(H,14,15,16). The van der Waals surface area contributed by atoms with Gasteiger partial charge in [-0.05, 0) is 13.3 Å². The number of aromatic amines is 1. The van der Waals surface area contributed by atoms with Crippen LogP contribution in [0.2, 0.25) is 0 Å². The zero-order valence-corrected chi connectivity index (χ0v) is 10.9. The Balaban J connectivity index is 2.82. The van der Waals surface area contributed by atoms with Crippen LogP contribution in [0.25, 0.3) is 0 Å². The van der Waals surface area contributed by atoms with Crippen molar-refractivity contribution in [2.75, 3.05) is 6.61 Å². The monoisotopic (exact) mass is 239 g/mol. The van der Waals surface area contributed by atoms with Crippen molar-refractivity contribution in [1.82, 2.24) is 9.97 Å². The van der Waals surface area contributed by atoms with E-state index in [0.29, 0.717) is 18.3 Å². The SMILES string of the molecule is CCC(C)(N)COc1cc(=O)[nH]c(C(C)C)n1. The fraction of sp³-hybridized carbons (Fsp3) is 0.667. The predicted octanol–water partition coefficient (Wildman–Crippen LogP) is 1.40. The van der Waals surface area contributed by atoms with Crippen molar-refractivity contribution < 1.29 is 4.74 Å². The van der Waals surface area contributed by atoms with Gasteiger partial charge in [-0.2, -0.15) is 4.98 Å². The maximum Gasteiger partial charge on any atom is 0.254 e. The second kappa shape index (κ2) is 5.31. The molecule has 0 aliphatic rings. The van der Waals surface area contributed by atoms with Crippen LogP contribution < -0.4 is 16.0 Å². The summed E-state index contributed by atoms with van der Waals surface area (Å²) in [7, 11) is 0. The zero-order valence-electron chi connectivity index (χ0n) is 10.9. The Morgan fingerprint density at radius 3 is 2.76 bits per heavy atom. The summed E-state index contributed by atoms with van der Waals surface area (Å²) in [6, 6.07) is 1.34. The first-order valence-corrected chi connectivity index (χ1v) is 5.87. The maximum atomic E-state index is 11.4. The van der Waals surface area contributed by atoms with Crippen LogP contribution in [0.5, 0.6) is 5.88 Å². The normalized spacial score (nSPS) is 14.7. The first-order chi connectivity index (χ1) is 7.84. The molecule has 0 aromatic carbocycles. The smallest absolute Gasteiger partial charge is 0.254 e. The predicted molar refractivity (Wildman–Crippen MR) is 67.3 cm³/mol. The molecule has 1 rings (SSSR count). The van der Waals surface area contributed by atoms with E-state index in [-0.39, 0.29) is 11.5 Å². The number of rotatable bonds is 5. The van der Waals surface area contributed by atoms with Gasteiger partial charge in [-0.1, -0.05) is 20.8 Å². The molecule has 1 aromatic rings. The van der Waals surface area contributed by atoms with Crippen LogP contribution in [0, 0.1) is 0 Å². The third kappa shape index (κ3) is 4.19. The van der Waals surface area contributed by atoms with E-state index in [1.54, 1.807) is 0 Å². The fourth-order valence-corrected chi connectivity index (χ4v) is 1.14. The van der Waals surface area contributed by atoms with E-state index in [1.165, 1.54) is 6.07 Å². The van der Waals surface area contributed by atoms with Crippen LogP contribution >= 0.6 is 0 Å². The molecule has 0 amide bonds. The molecule has 3 N–H and O–H groups in total. The summed E-state index contributed by atoms with van der Waals surface area (Å²) in [5.41, 5.74) is 5.36. The molecule has 0 saturated carbocycles. The molecule has 17 heavy (non-hydrogen) atoms. The number of hydrogen-bond donors (Lipinski definition) is 2. The lowest BCUT2D eigenvalue weighted by molar-refractivity contribution is 0.217. The highest BCUT2D eigenvalue weighted by molar-refractivity contribution is 5.10. The molecule has 0 bridgehead atoms. The zero-order chi connectivity index (χ0) is 13.1. The van der Waals surface area contributed by atoms with Gasteiger partial charge in [0.2, 0.25) is 5.88 Å². The Morgan fingerprint density at radius 2 is 2.24 bits per heavy atom. The first-order valence-electron chi connectivity index (χ1n) is 5.87.